The van der Waals surface area contributed by atoms with Gasteiger partial charge >= 0.3 is 5.97 Å². The molecule has 0 bridgehead atoms. The third-order valence-corrected chi connectivity index (χ3v) is 3.93. The van der Waals surface area contributed by atoms with Crippen molar-refractivity contribution in [2.45, 2.75) is 6.54 Å². The molecule has 0 atom stereocenters. The number of carbonyl (C=O) groups is 2. The summed E-state index contributed by atoms with van der Waals surface area (Å²) in [5.41, 5.74) is 1.58. The van der Waals surface area contributed by atoms with Crippen LogP contribution in [0.1, 0.15) is 21.5 Å². The fourth-order valence-electron chi connectivity index (χ4n) is 1.86. The van der Waals surface area contributed by atoms with Crippen LogP contribution in [0.15, 0.2) is 43.0 Å². The monoisotopic (exact) mass is 348 g/mol. The Morgan fingerprint density at radius 1 is 1.17 bits per heavy atom. The first-order valence-corrected chi connectivity index (χ1v) is 7.31. The van der Waals surface area contributed by atoms with Crippen LogP contribution in [0.2, 0.25) is 10.0 Å². The number of carboxylic acid groups (broad SMARTS) is 1. The van der Waals surface area contributed by atoms with Crippen LogP contribution in [-0.4, -0.2) is 17.0 Å². The van der Waals surface area contributed by atoms with Crippen LogP contribution in [0.25, 0.3) is 5.57 Å². The van der Waals surface area contributed by atoms with E-state index in [4.69, 9.17) is 28.3 Å². The van der Waals surface area contributed by atoms with Gasteiger partial charge in [-0.05, 0) is 17.7 Å². The maximum atomic E-state index is 12.1. The molecule has 1 amide bonds. The van der Waals surface area contributed by atoms with Gasteiger partial charge in [0.1, 0.15) is 0 Å². The molecule has 2 N–H and O–H groups in total. The summed E-state index contributed by atoms with van der Waals surface area (Å²) in [5.74, 6) is -1.39. The summed E-state index contributed by atoms with van der Waals surface area (Å²) in [6.07, 6.45) is 0. The zero-order valence-corrected chi connectivity index (χ0v) is 13.4. The van der Waals surface area contributed by atoms with E-state index in [1.807, 2.05) is 0 Å². The van der Waals surface area contributed by atoms with Gasteiger partial charge in [0.25, 0.3) is 5.91 Å². The fourth-order valence-corrected chi connectivity index (χ4v) is 2.26. The van der Waals surface area contributed by atoms with Gasteiger partial charge in [0.15, 0.2) is 0 Å². The van der Waals surface area contributed by atoms with E-state index in [1.54, 1.807) is 24.3 Å². The van der Waals surface area contributed by atoms with Crippen molar-refractivity contribution in [2.24, 2.45) is 0 Å². The Morgan fingerprint density at radius 2 is 1.83 bits per heavy atom. The van der Waals surface area contributed by atoms with E-state index < -0.39 is 11.9 Å². The first-order chi connectivity index (χ1) is 10.9. The van der Waals surface area contributed by atoms with E-state index in [9.17, 15) is 9.59 Å². The quantitative estimate of drug-likeness (QED) is 0.807. The van der Waals surface area contributed by atoms with Crippen molar-refractivity contribution >= 4 is 40.7 Å². The van der Waals surface area contributed by atoms with Gasteiger partial charge < -0.3 is 10.4 Å². The second-order valence-electron chi connectivity index (χ2n) is 4.68. The Morgan fingerprint density at radius 3 is 2.43 bits per heavy atom. The number of carbonyl (C=O) groups excluding carboxylic acids is 1. The molecular weight excluding hydrogens is 337 g/mol. The Hall–Kier alpha value is -2.30. The lowest BCUT2D eigenvalue weighted by atomic mass is 10.1. The van der Waals surface area contributed by atoms with Crippen molar-refractivity contribution < 1.29 is 14.7 Å². The molecule has 0 aliphatic heterocycles. The van der Waals surface area contributed by atoms with Crippen LogP contribution < -0.4 is 5.32 Å². The van der Waals surface area contributed by atoms with E-state index in [2.05, 4.69) is 18.0 Å². The zero-order valence-electron chi connectivity index (χ0n) is 11.9. The summed E-state index contributed by atoms with van der Waals surface area (Å²) in [6, 6.07) is 12.1. The van der Waals surface area contributed by atoms with Gasteiger partial charge in [0.05, 0.1) is 15.6 Å². The highest BCUT2D eigenvalue weighted by Crippen LogP contribution is 2.29. The Balaban J connectivity index is 2.03. The van der Waals surface area contributed by atoms with Gasteiger partial charge in [0.2, 0.25) is 0 Å². The van der Waals surface area contributed by atoms with E-state index in [0.717, 1.165) is 5.56 Å². The molecule has 0 aliphatic carbocycles. The smallest absolute Gasteiger partial charge is 0.335 e. The molecule has 2 aromatic carbocycles. The molecule has 2 rings (SSSR count). The topological polar surface area (TPSA) is 66.4 Å². The predicted octanol–water partition coefficient (Wildman–Crippen LogP) is 3.82. The Kier molecular flexibility index (Phi) is 5.42. The van der Waals surface area contributed by atoms with Crippen molar-refractivity contribution in [3.05, 3.63) is 75.8 Å². The fraction of sp³-hybridized carbons (Fsp3) is 0.0588. The molecule has 0 unspecified atom stereocenters. The van der Waals surface area contributed by atoms with Crippen molar-refractivity contribution in [2.75, 3.05) is 0 Å². The van der Waals surface area contributed by atoms with Gasteiger partial charge in [0, 0.05) is 23.7 Å². The molecule has 0 aliphatic rings. The van der Waals surface area contributed by atoms with Crippen molar-refractivity contribution in [3.63, 3.8) is 0 Å². The number of amides is 1. The highest BCUT2D eigenvalue weighted by molar-refractivity contribution is 6.44. The molecule has 2 aromatic rings. The van der Waals surface area contributed by atoms with E-state index >= 15 is 0 Å². The lowest BCUT2D eigenvalue weighted by Crippen LogP contribution is -2.23. The number of aromatic carboxylic acids is 1. The molecule has 1 radical (unpaired) electrons. The third-order valence-electron chi connectivity index (χ3n) is 3.14. The van der Waals surface area contributed by atoms with E-state index in [1.165, 1.54) is 12.1 Å². The number of hydrogen-bond donors (Lipinski definition) is 2. The van der Waals surface area contributed by atoms with Crippen LogP contribution in [0.5, 0.6) is 0 Å². The lowest BCUT2D eigenvalue weighted by molar-refractivity contribution is -0.115. The van der Waals surface area contributed by atoms with Crippen LogP contribution in [-0.2, 0) is 11.3 Å². The number of rotatable bonds is 5. The maximum absolute atomic E-state index is 12.1. The van der Waals surface area contributed by atoms with Gasteiger partial charge in [-0.3, -0.25) is 4.79 Å². The molecule has 0 heterocycles. The molecule has 0 saturated heterocycles. The summed E-state index contributed by atoms with van der Waals surface area (Å²) >= 11 is 11.9. The number of carboxylic acids is 1. The number of nitrogens with one attached hydrogen (secondary N) is 1. The van der Waals surface area contributed by atoms with Gasteiger partial charge in [-0.2, -0.15) is 0 Å². The number of benzene rings is 2. The van der Waals surface area contributed by atoms with Crippen LogP contribution in [0.4, 0.5) is 0 Å². The van der Waals surface area contributed by atoms with Gasteiger partial charge in [-0.1, -0.05) is 54.0 Å². The minimum absolute atomic E-state index is 0.187. The zero-order chi connectivity index (χ0) is 17.0. The SMILES string of the molecule is C=C(C(=O)NCc1ccc(C(=O)O)cc1)c1cc[c]c(Cl)c1Cl. The molecule has 0 fully saturated rings. The largest absolute Gasteiger partial charge is 0.478 e. The number of halogens is 2. The van der Waals surface area contributed by atoms with Crippen molar-refractivity contribution in [1.82, 2.24) is 5.32 Å². The predicted molar refractivity (Wildman–Crippen MR) is 89.6 cm³/mol. The average Bonchev–Trinajstić information content (AvgIpc) is 2.55. The molecule has 23 heavy (non-hydrogen) atoms. The standard InChI is InChI=1S/C17H12Cl2NO3/c1-10(13-3-2-4-14(18)15(13)19)16(21)20-9-11-5-7-12(8-6-11)17(22)23/h2-3,5-8H,1,9H2,(H,20,21)(H,22,23). The first kappa shape index (κ1) is 17.1. The van der Waals surface area contributed by atoms with Gasteiger partial charge in [-0.15, -0.1) is 0 Å². The minimum atomic E-state index is -0.999. The highest BCUT2D eigenvalue weighted by Gasteiger charge is 2.14. The highest BCUT2D eigenvalue weighted by atomic mass is 35.5. The number of hydrogen-bond acceptors (Lipinski definition) is 2. The summed E-state index contributed by atoms with van der Waals surface area (Å²) in [4.78, 5) is 22.9. The molecule has 117 valence electrons. The lowest BCUT2D eigenvalue weighted by Gasteiger charge is -2.10. The first-order valence-electron chi connectivity index (χ1n) is 6.55. The molecule has 4 nitrogen and oxygen atoms in total. The van der Waals surface area contributed by atoms with Crippen molar-refractivity contribution in [3.8, 4) is 0 Å². The van der Waals surface area contributed by atoms with Crippen LogP contribution >= 0.6 is 23.2 Å². The summed E-state index contributed by atoms with van der Waals surface area (Å²) in [5, 5.41) is 12.0. The third kappa shape index (κ3) is 4.12. The van der Waals surface area contributed by atoms with Gasteiger partial charge in [-0.25, -0.2) is 4.79 Å². The summed E-state index contributed by atoms with van der Waals surface area (Å²) < 4.78 is 0. The molecule has 0 aromatic heterocycles. The van der Waals surface area contributed by atoms with Crippen molar-refractivity contribution in [1.29, 1.82) is 0 Å². The molecule has 0 spiro atoms. The average molecular weight is 349 g/mol. The Bertz CT molecular complexity index is 770. The van der Waals surface area contributed by atoms with E-state index in [0.29, 0.717) is 5.56 Å². The summed E-state index contributed by atoms with van der Waals surface area (Å²) in [6.45, 7) is 3.97. The maximum Gasteiger partial charge on any atom is 0.335 e. The second kappa shape index (κ2) is 7.31. The molecule has 0 saturated carbocycles. The van der Waals surface area contributed by atoms with Crippen LogP contribution in [0, 0.1) is 6.07 Å². The molecular formula is C17H12Cl2NO3. The molecule has 6 heteroatoms. The Labute approximate surface area is 143 Å². The summed E-state index contributed by atoms with van der Waals surface area (Å²) in [7, 11) is 0. The second-order valence-corrected chi connectivity index (χ2v) is 5.44. The minimum Gasteiger partial charge on any atom is -0.478 e. The van der Waals surface area contributed by atoms with Crippen LogP contribution in [0.3, 0.4) is 0 Å². The normalized spacial score (nSPS) is 10.2. The van der Waals surface area contributed by atoms with E-state index in [-0.39, 0.29) is 27.7 Å².